The molecule has 0 aliphatic carbocycles. The second-order valence-electron chi connectivity index (χ2n) is 7.89. The van der Waals surface area contributed by atoms with Crippen molar-refractivity contribution < 1.29 is 4.79 Å². The summed E-state index contributed by atoms with van der Waals surface area (Å²) in [4.78, 5) is 17.4. The molecule has 0 spiro atoms. The van der Waals surface area contributed by atoms with Crippen LogP contribution in [0, 0.1) is 34.6 Å². The number of carbonyl (C=O) groups is 1. The van der Waals surface area contributed by atoms with Crippen molar-refractivity contribution in [1.29, 1.82) is 0 Å². The summed E-state index contributed by atoms with van der Waals surface area (Å²) in [5, 5.41) is 7.47. The SMILES string of the molecule is CC[C@@H](C)NC(=O)c1cnn2c(C)c(Cc3c(C)cc(C)cc3C)c(C)nc12. The lowest BCUT2D eigenvalue weighted by molar-refractivity contribution is 0.0940. The van der Waals surface area contributed by atoms with Crippen LogP contribution in [0.2, 0.25) is 0 Å². The van der Waals surface area contributed by atoms with Gasteiger partial charge in [-0.05, 0) is 70.2 Å². The van der Waals surface area contributed by atoms with E-state index in [1.165, 1.54) is 27.8 Å². The minimum Gasteiger partial charge on any atom is -0.349 e. The maximum absolute atomic E-state index is 12.6. The van der Waals surface area contributed by atoms with Crippen LogP contribution < -0.4 is 5.32 Å². The summed E-state index contributed by atoms with van der Waals surface area (Å²) in [5.41, 5.74) is 9.50. The minimum absolute atomic E-state index is 0.117. The van der Waals surface area contributed by atoms with Crippen LogP contribution in [0.15, 0.2) is 18.3 Å². The number of benzene rings is 1. The molecule has 0 saturated heterocycles. The summed E-state index contributed by atoms with van der Waals surface area (Å²) >= 11 is 0. The second kappa shape index (κ2) is 7.74. The predicted molar refractivity (Wildman–Crippen MR) is 113 cm³/mol. The Morgan fingerprint density at radius 1 is 1.11 bits per heavy atom. The van der Waals surface area contributed by atoms with Crippen LogP contribution in [0.1, 0.15) is 69.8 Å². The van der Waals surface area contributed by atoms with Crippen molar-refractivity contribution in [2.75, 3.05) is 0 Å². The van der Waals surface area contributed by atoms with Gasteiger partial charge < -0.3 is 5.32 Å². The largest absolute Gasteiger partial charge is 0.349 e. The number of rotatable bonds is 5. The molecule has 2 heterocycles. The average Bonchev–Trinajstić information content (AvgIpc) is 3.04. The zero-order chi connectivity index (χ0) is 20.6. The minimum atomic E-state index is -0.117. The normalized spacial score (nSPS) is 12.4. The fourth-order valence-electron chi connectivity index (χ4n) is 3.80. The van der Waals surface area contributed by atoms with Crippen LogP contribution in [0.4, 0.5) is 0 Å². The fraction of sp³-hybridized carbons (Fsp3) is 0.435. The van der Waals surface area contributed by atoms with E-state index in [4.69, 9.17) is 4.98 Å². The smallest absolute Gasteiger partial charge is 0.256 e. The van der Waals surface area contributed by atoms with Crippen molar-refractivity contribution in [3.63, 3.8) is 0 Å². The van der Waals surface area contributed by atoms with Gasteiger partial charge in [0.05, 0.1) is 6.20 Å². The van der Waals surface area contributed by atoms with E-state index in [-0.39, 0.29) is 11.9 Å². The molecule has 1 N–H and O–H groups in total. The lowest BCUT2D eigenvalue weighted by Gasteiger charge is -2.16. The molecule has 3 aromatic rings. The zero-order valence-electron chi connectivity index (χ0n) is 18.0. The number of fused-ring (bicyclic) bond motifs is 1. The van der Waals surface area contributed by atoms with Crippen LogP contribution in [0.5, 0.6) is 0 Å². The monoisotopic (exact) mass is 378 g/mol. The van der Waals surface area contributed by atoms with Crippen molar-refractivity contribution in [3.8, 4) is 0 Å². The summed E-state index contributed by atoms with van der Waals surface area (Å²) in [7, 11) is 0. The van der Waals surface area contributed by atoms with Gasteiger partial charge >= 0.3 is 0 Å². The number of nitrogens with zero attached hydrogens (tertiary/aromatic N) is 3. The first-order valence-electron chi connectivity index (χ1n) is 9.94. The average molecular weight is 379 g/mol. The highest BCUT2D eigenvalue weighted by Crippen LogP contribution is 2.24. The maximum Gasteiger partial charge on any atom is 0.256 e. The van der Waals surface area contributed by atoms with Gasteiger partial charge in [0.15, 0.2) is 5.65 Å². The van der Waals surface area contributed by atoms with Gasteiger partial charge in [-0.1, -0.05) is 24.6 Å². The number of carbonyl (C=O) groups excluding carboxylic acids is 1. The maximum atomic E-state index is 12.6. The number of aryl methyl sites for hydroxylation is 5. The van der Waals surface area contributed by atoms with Gasteiger partial charge in [0, 0.05) is 23.9 Å². The van der Waals surface area contributed by atoms with E-state index in [0.29, 0.717) is 11.2 Å². The number of amides is 1. The van der Waals surface area contributed by atoms with Crippen LogP contribution in [-0.4, -0.2) is 26.5 Å². The van der Waals surface area contributed by atoms with Gasteiger partial charge in [-0.15, -0.1) is 0 Å². The Balaban J connectivity index is 2.04. The highest BCUT2D eigenvalue weighted by atomic mass is 16.1. The van der Waals surface area contributed by atoms with E-state index in [1.807, 2.05) is 13.8 Å². The molecule has 0 unspecified atom stereocenters. The molecule has 28 heavy (non-hydrogen) atoms. The van der Waals surface area contributed by atoms with Crippen molar-refractivity contribution in [1.82, 2.24) is 19.9 Å². The van der Waals surface area contributed by atoms with Crippen LogP contribution in [0.25, 0.3) is 5.65 Å². The molecular formula is C23H30N4O. The van der Waals surface area contributed by atoms with Gasteiger partial charge in [0.1, 0.15) is 5.56 Å². The molecule has 5 nitrogen and oxygen atoms in total. The molecule has 0 radical (unpaired) electrons. The summed E-state index contributed by atoms with van der Waals surface area (Å²) in [5.74, 6) is -0.117. The first-order valence-corrected chi connectivity index (χ1v) is 9.94. The fourth-order valence-corrected chi connectivity index (χ4v) is 3.80. The van der Waals surface area contributed by atoms with E-state index in [0.717, 1.165) is 24.2 Å². The van der Waals surface area contributed by atoms with Gasteiger partial charge in [-0.3, -0.25) is 4.79 Å². The number of aromatic nitrogens is 3. The molecule has 0 saturated carbocycles. The quantitative estimate of drug-likeness (QED) is 0.716. The molecule has 0 fully saturated rings. The Bertz CT molecular complexity index is 1030. The molecule has 1 amide bonds. The predicted octanol–water partition coefficient (Wildman–Crippen LogP) is 4.39. The summed E-state index contributed by atoms with van der Waals surface area (Å²) in [6.07, 6.45) is 3.32. The Morgan fingerprint density at radius 2 is 1.75 bits per heavy atom. The molecule has 1 aromatic carbocycles. The molecule has 0 aliphatic rings. The van der Waals surface area contributed by atoms with Gasteiger partial charge in [0.2, 0.25) is 0 Å². The van der Waals surface area contributed by atoms with E-state index in [9.17, 15) is 4.79 Å². The third kappa shape index (κ3) is 3.66. The standard InChI is InChI=1S/C23H30N4O/c1-8-16(5)25-23(28)21-12-24-27-18(7)20(17(6)26-22(21)27)11-19-14(3)9-13(2)10-15(19)4/h9-10,12,16H,8,11H2,1-7H3,(H,25,28)/t16-/m1/s1. The molecule has 0 bridgehead atoms. The van der Waals surface area contributed by atoms with Gasteiger partial charge in [-0.25, -0.2) is 9.50 Å². The zero-order valence-corrected chi connectivity index (χ0v) is 18.0. The number of hydrogen-bond donors (Lipinski definition) is 1. The van der Waals surface area contributed by atoms with E-state index in [1.54, 1.807) is 10.7 Å². The molecule has 148 valence electrons. The van der Waals surface area contributed by atoms with Crippen LogP contribution in [0.3, 0.4) is 0 Å². The highest BCUT2D eigenvalue weighted by Gasteiger charge is 2.20. The number of hydrogen-bond acceptors (Lipinski definition) is 3. The molecule has 2 aromatic heterocycles. The van der Waals surface area contributed by atoms with Crippen molar-refractivity contribution in [2.45, 2.75) is 67.3 Å². The van der Waals surface area contributed by atoms with E-state index in [2.05, 4.69) is 57.2 Å². The van der Waals surface area contributed by atoms with E-state index >= 15 is 0 Å². The molecule has 1 atom stereocenters. The van der Waals surface area contributed by atoms with Crippen LogP contribution in [-0.2, 0) is 6.42 Å². The third-order valence-electron chi connectivity index (χ3n) is 5.64. The van der Waals surface area contributed by atoms with Gasteiger partial charge in [0.25, 0.3) is 5.91 Å². The second-order valence-corrected chi connectivity index (χ2v) is 7.89. The molecule has 0 aliphatic heterocycles. The summed E-state index contributed by atoms with van der Waals surface area (Å²) in [6, 6.07) is 4.57. The highest BCUT2D eigenvalue weighted by molar-refractivity contribution is 5.99. The Hall–Kier alpha value is -2.69. The Kier molecular flexibility index (Phi) is 5.54. The first-order chi connectivity index (χ1) is 13.2. The first kappa shape index (κ1) is 20.1. The Morgan fingerprint density at radius 3 is 2.36 bits per heavy atom. The number of nitrogens with one attached hydrogen (secondary N) is 1. The van der Waals surface area contributed by atoms with Gasteiger partial charge in [-0.2, -0.15) is 5.10 Å². The van der Waals surface area contributed by atoms with Crippen molar-refractivity contribution >= 4 is 11.6 Å². The van der Waals surface area contributed by atoms with Crippen molar-refractivity contribution in [3.05, 3.63) is 63.1 Å². The van der Waals surface area contributed by atoms with E-state index < -0.39 is 0 Å². The Labute approximate surface area is 167 Å². The topological polar surface area (TPSA) is 59.3 Å². The summed E-state index contributed by atoms with van der Waals surface area (Å²) in [6.45, 7) is 14.6. The lowest BCUT2D eigenvalue weighted by atomic mass is 9.93. The molecule has 5 heteroatoms. The third-order valence-corrected chi connectivity index (χ3v) is 5.64. The van der Waals surface area contributed by atoms with Crippen molar-refractivity contribution in [2.24, 2.45) is 0 Å². The van der Waals surface area contributed by atoms with Crippen LogP contribution >= 0.6 is 0 Å². The molecular weight excluding hydrogens is 348 g/mol. The summed E-state index contributed by atoms with van der Waals surface area (Å²) < 4.78 is 1.80. The lowest BCUT2D eigenvalue weighted by Crippen LogP contribution is -2.31. The molecule has 3 rings (SSSR count).